The molecule has 0 fully saturated rings. The van der Waals surface area contributed by atoms with Crippen LogP contribution in [0.4, 0.5) is 5.00 Å². The molecule has 0 spiro atoms. The lowest BCUT2D eigenvalue weighted by molar-refractivity contribution is 1.27. The van der Waals surface area contributed by atoms with Gasteiger partial charge in [-0.2, -0.15) is 0 Å². The number of nitrogen functional groups attached to an aromatic ring is 1. The van der Waals surface area contributed by atoms with Crippen LogP contribution in [0.25, 0.3) is 0 Å². The molecule has 2 N–H and O–H groups in total. The zero-order valence-electron chi connectivity index (χ0n) is 4.31. The van der Waals surface area contributed by atoms with Crippen LogP contribution in [0.3, 0.4) is 0 Å². The summed E-state index contributed by atoms with van der Waals surface area (Å²) < 4.78 is 0.514. The number of nitrogens with two attached hydrogens (primary N) is 1. The van der Waals surface area contributed by atoms with E-state index in [2.05, 4.69) is 4.98 Å². The van der Waals surface area contributed by atoms with Gasteiger partial charge in [-0.05, 0) is 6.92 Å². The number of hydrogen-bond donors (Lipinski definition) is 1. The largest absolute Gasteiger partial charge is 0.389 e. The molecule has 0 amide bonds. The maximum atomic E-state index is 5.49. The van der Waals surface area contributed by atoms with E-state index in [0.717, 1.165) is 5.69 Å². The molecule has 4 heteroatoms. The van der Waals surface area contributed by atoms with Crippen LogP contribution in [0.5, 0.6) is 0 Å². The third-order valence-electron chi connectivity index (χ3n) is 0.806. The zero-order valence-corrected chi connectivity index (χ0v) is 5.88. The van der Waals surface area contributed by atoms with Gasteiger partial charge in [0.25, 0.3) is 0 Å². The Bertz CT molecular complexity index is 176. The van der Waals surface area contributed by atoms with E-state index in [1.807, 2.05) is 6.92 Å². The lowest BCUT2D eigenvalue weighted by Crippen LogP contribution is -1.80. The van der Waals surface area contributed by atoms with Gasteiger partial charge < -0.3 is 5.73 Å². The molecule has 0 atom stereocenters. The van der Waals surface area contributed by atoms with Crippen molar-refractivity contribution in [1.82, 2.24) is 4.98 Å². The number of aryl methyl sites for hydroxylation is 1. The van der Waals surface area contributed by atoms with Gasteiger partial charge in [-0.3, -0.25) is 0 Å². The molecule has 0 saturated carbocycles. The Hall–Kier alpha value is -0.280. The molecule has 0 saturated heterocycles. The second kappa shape index (κ2) is 1.91. The molecular weight excluding hydrogens is 144 g/mol. The third-order valence-corrected chi connectivity index (χ3v) is 1.90. The predicted octanol–water partition coefficient (Wildman–Crippen LogP) is 1.69. The summed E-state index contributed by atoms with van der Waals surface area (Å²) in [6, 6.07) is 0. The van der Waals surface area contributed by atoms with Crippen LogP contribution in [-0.4, -0.2) is 4.98 Å². The first kappa shape index (κ1) is 5.85. The first-order chi connectivity index (χ1) is 3.70. The molecule has 0 bridgehead atoms. The number of rotatable bonds is 0. The van der Waals surface area contributed by atoms with Crippen LogP contribution in [0.15, 0.2) is 0 Å². The zero-order chi connectivity index (χ0) is 6.15. The Balaban J connectivity index is 3.14. The summed E-state index contributed by atoms with van der Waals surface area (Å²) in [5.41, 5.74) is 6.23. The molecule has 1 aromatic rings. The highest BCUT2D eigenvalue weighted by molar-refractivity contribution is 7.19. The van der Waals surface area contributed by atoms with Crippen molar-refractivity contribution >= 4 is 27.9 Å². The van der Waals surface area contributed by atoms with Gasteiger partial charge >= 0.3 is 0 Å². The second-order valence-corrected chi connectivity index (χ2v) is 3.03. The summed E-state index contributed by atoms with van der Waals surface area (Å²) in [5.74, 6) is 0. The minimum atomic E-state index is 0.514. The average Bonchev–Trinajstić information content (AvgIpc) is 1.85. The molecular formula is C4H5ClN2S. The molecule has 1 heterocycles. The minimum absolute atomic E-state index is 0.514. The Morgan fingerprint density at radius 2 is 2.38 bits per heavy atom. The summed E-state index contributed by atoms with van der Waals surface area (Å²) >= 11 is 6.79. The Labute approximate surface area is 56.3 Å². The minimum Gasteiger partial charge on any atom is -0.389 e. The summed E-state index contributed by atoms with van der Waals surface area (Å²) in [6.07, 6.45) is 0. The Morgan fingerprint density at radius 3 is 2.50 bits per heavy atom. The molecule has 0 aliphatic rings. The van der Waals surface area contributed by atoms with Crippen LogP contribution >= 0.6 is 22.9 Å². The van der Waals surface area contributed by atoms with Gasteiger partial charge in [-0.1, -0.05) is 22.9 Å². The lowest BCUT2D eigenvalue weighted by Gasteiger charge is -1.78. The fourth-order valence-electron chi connectivity index (χ4n) is 0.374. The monoisotopic (exact) mass is 148 g/mol. The van der Waals surface area contributed by atoms with Gasteiger partial charge in [0.15, 0.2) is 4.47 Å². The van der Waals surface area contributed by atoms with E-state index in [0.29, 0.717) is 9.47 Å². The van der Waals surface area contributed by atoms with Gasteiger partial charge in [0.2, 0.25) is 0 Å². The van der Waals surface area contributed by atoms with Crippen molar-refractivity contribution in [2.75, 3.05) is 5.73 Å². The molecule has 0 radical (unpaired) electrons. The summed E-state index contributed by atoms with van der Waals surface area (Å²) in [7, 11) is 0. The molecule has 0 unspecified atom stereocenters. The first-order valence-corrected chi connectivity index (χ1v) is 3.28. The van der Waals surface area contributed by atoms with Gasteiger partial charge in [-0.15, -0.1) is 0 Å². The molecule has 1 rings (SSSR count). The number of hydrogen-bond acceptors (Lipinski definition) is 3. The van der Waals surface area contributed by atoms with E-state index in [9.17, 15) is 0 Å². The predicted molar refractivity (Wildman–Crippen MR) is 36.3 cm³/mol. The third kappa shape index (κ3) is 0.928. The van der Waals surface area contributed by atoms with Crippen molar-refractivity contribution in [2.45, 2.75) is 6.92 Å². The highest BCUT2D eigenvalue weighted by atomic mass is 35.5. The van der Waals surface area contributed by atoms with E-state index in [-0.39, 0.29) is 0 Å². The molecule has 1 aromatic heterocycles. The molecule has 8 heavy (non-hydrogen) atoms. The fraction of sp³-hybridized carbons (Fsp3) is 0.250. The van der Waals surface area contributed by atoms with Gasteiger partial charge in [-0.25, -0.2) is 4.98 Å². The van der Waals surface area contributed by atoms with Crippen LogP contribution in [0.1, 0.15) is 5.69 Å². The smallest absolute Gasteiger partial charge is 0.185 e. The van der Waals surface area contributed by atoms with Crippen molar-refractivity contribution < 1.29 is 0 Å². The topological polar surface area (TPSA) is 38.9 Å². The van der Waals surface area contributed by atoms with E-state index in [4.69, 9.17) is 17.3 Å². The summed E-state index contributed by atoms with van der Waals surface area (Å²) in [4.78, 5) is 3.87. The first-order valence-electron chi connectivity index (χ1n) is 2.08. The number of thiazole rings is 1. The van der Waals surface area contributed by atoms with Gasteiger partial charge in [0, 0.05) is 0 Å². The maximum Gasteiger partial charge on any atom is 0.185 e. The highest BCUT2D eigenvalue weighted by Gasteiger charge is 1.98. The summed E-state index contributed by atoms with van der Waals surface area (Å²) in [6.45, 7) is 1.83. The maximum absolute atomic E-state index is 5.49. The van der Waals surface area contributed by atoms with Crippen molar-refractivity contribution in [3.05, 3.63) is 10.2 Å². The molecule has 2 nitrogen and oxygen atoms in total. The second-order valence-electron chi connectivity index (χ2n) is 1.42. The molecule has 0 aliphatic carbocycles. The van der Waals surface area contributed by atoms with Crippen LogP contribution in [0.2, 0.25) is 4.47 Å². The molecule has 0 aliphatic heterocycles. The quantitative estimate of drug-likeness (QED) is 0.608. The van der Waals surface area contributed by atoms with Crippen LogP contribution in [0, 0.1) is 6.92 Å². The summed E-state index contributed by atoms with van der Waals surface area (Å²) in [5, 5.41) is 0.704. The number of nitrogens with zero attached hydrogens (tertiary/aromatic N) is 1. The van der Waals surface area contributed by atoms with E-state index >= 15 is 0 Å². The van der Waals surface area contributed by atoms with E-state index in [1.165, 1.54) is 11.3 Å². The lowest BCUT2D eigenvalue weighted by atomic mass is 10.5. The average molecular weight is 149 g/mol. The molecule has 44 valence electrons. The van der Waals surface area contributed by atoms with Gasteiger partial charge in [0.05, 0.1) is 5.69 Å². The number of anilines is 1. The van der Waals surface area contributed by atoms with Crippen molar-refractivity contribution in [3.63, 3.8) is 0 Å². The Morgan fingerprint density at radius 1 is 1.75 bits per heavy atom. The van der Waals surface area contributed by atoms with Crippen molar-refractivity contribution in [2.24, 2.45) is 0 Å². The number of aromatic nitrogens is 1. The van der Waals surface area contributed by atoms with Crippen molar-refractivity contribution in [1.29, 1.82) is 0 Å². The van der Waals surface area contributed by atoms with Crippen LogP contribution < -0.4 is 5.73 Å². The molecule has 0 aromatic carbocycles. The van der Waals surface area contributed by atoms with Crippen molar-refractivity contribution in [3.8, 4) is 0 Å². The number of halogens is 1. The van der Waals surface area contributed by atoms with E-state index < -0.39 is 0 Å². The standard InChI is InChI=1S/C4H5ClN2S/c1-2-3(6)8-4(5)7-2/h6H2,1H3. The van der Waals surface area contributed by atoms with E-state index in [1.54, 1.807) is 0 Å². The highest BCUT2D eigenvalue weighted by Crippen LogP contribution is 2.23. The fourth-order valence-corrected chi connectivity index (χ4v) is 1.31. The van der Waals surface area contributed by atoms with Crippen LogP contribution in [-0.2, 0) is 0 Å². The Kier molecular flexibility index (Phi) is 1.40. The SMILES string of the molecule is Cc1nc(Cl)sc1N. The van der Waals surface area contributed by atoms with Gasteiger partial charge in [0.1, 0.15) is 5.00 Å². The normalized spacial score (nSPS) is 9.75.